The molecule has 0 unspecified atom stereocenters. The Bertz CT molecular complexity index is 1130. The highest BCUT2D eigenvalue weighted by atomic mass is 32.2. The molecule has 0 aliphatic carbocycles. The van der Waals surface area contributed by atoms with E-state index in [-0.39, 0.29) is 0 Å². The highest BCUT2D eigenvalue weighted by Gasteiger charge is 2.20. The van der Waals surface area contributed by atoms with E-state index >= 15 is 0 Å². The van der Waals surface area contributed by atoms with Gasteiger partial charge in [0.05, 0.1) is 11.6 Å². The van der Waals surface area contributed by atoms with Crippen molar-refractivity contribution in [3.8, 4) is 17.1 Å². The largest absolute Gasteiger partial charge is 0.375 e. The summed E-state index contributed by atoms with van der Waals surface area (Å²) in [4.78, 5) is 11.0. The van der Waals surface area contributed by atoms with Crippen LogP contribution in [0.2, 0.25) is 0 Å². The average Bonchev–Trinajstić information content (AvgIpc) is 3.32. The lowest BCUT2D eigenvalue weighted by molar-refractivity contribution is 0.871. The van der Waals surface area contributed by atoms with Crippen LogP contribution in [0.15, 0.2) is 65.7 Å². The maximum absolute atomic E-state index is 5.05. The number of fused-ring (bicyclic) bond motifs is 2. The second-order valence-corrected chi connectivity index (χ2v) is 8.03. The predicted octanol–water partition coefficient (Wildman–Crippen LogP) is 5.69. The molecule has 0 saturated carbocycles. The van der Waals surface area contributed by atoms with Crippen molar-refractivity contribution in [1.29, 1.82) is 0 Å². The topological polar surface area (TPSA) is 42.7 Å². The second-order valence-electron chi connectivity index (χ2n) is 7.01. The van der Waals surface area contributed by atoms with Gasteiger partial charge < -0.3 is 5.32 Å². The van der Waals surface area contributed by atoms with E-state index in [0.717, 1.165) is 34.1 Å². The van der Waals surface area contributed by atoms with Gasteiger partial charge in [-0.25, -0.2) is 9.97 Å². The first-order valence-corrected chi connectivity index (χ1v) is 10.1. The van der Waals surface area contributed by atoms with Crippen molar-refractivity contribution in [2.75, 3.05) is 11.2 Å². The molecule has 1 aliphatic heterocycles. The lowest BCUT2D eigenvalue weighted by atomic mass is 10.0. The molecule has 0 spiro atoms. The molecule has 27 heavy (non-hydrogen) atoms. The van der Waals surface area contributed by atoms with Crippen LogP contribution in [0.5, 0.6) is 0 Å². The number of anilines is 1. The third-order valence-corrected chi connectivity index (χ3v) is 5.88. The molecule has 3 heterocycles. The van der Waals surface area contributed by atoms with E-state index in [2.05, 4.69) is 72.3 Å². The Morgan fingerprint density at radius 1 is 1.07 bits per heavy atom. The second kappa shape index (κ2) is 6.43. The van der Waals surface area contributed by atoms with Gasteiger partial charge in [0.25, 0.3) is 0 Å². The van der Waals surface area contributed by atoms with Gasteiger partial charge in [0, 0.05) is 22.3 Å². The summed E-state index contributed by atoms with van der Waals surface area (Å²) >= 11 is 1.83. The Kier molecular flexibility index (Phi) is 3.90. The van der Waals surface area contributed by atoms with Crippen LogP contribution < -0.4 is 5.32 Å². The van der Waals surface area contributed by atoms with E-state index in [0.29, 0.717) is 5.92 Å². The fourth-order valence-corrected chi connectivity index (χ4v) is 4.47. The number of imidazole rings is 1. The standard InChI is InChI=1S/C22H20N4S/c1-14(2)17-10-11-23-22-20(17)25-21(15-6-4-3-5-7-15)26(22)16-8-9-18-19(12-16)27-13-24-18/h3-12,14,24H,13H2,1-2H3. The third kappa shape index (κ3) is 2.70. The molecular formula is C22H20N4S. The first kappa shape index (κ1) is 16.4. The molecule has 0 bridgehead atoms. The molecular weight excluding hydrogens is 352 g/mol. The van der Waals surface area contributed by atoms with Crippen LogP contribution in [-0.4, -0.2) is 20.4 Å². The quantitative estimate of drug-likeness (QED) is 0.502. The number of nitrogens with one attached hydrogen (secondary N) is 1. The summed E-state index contributed by atoms with van der Waals surface area (Å²) in [6, 6.07) is 19.0. The van der Waals surface area contributed by atoms with E-state index in [4.69, 9.17) is 9.97 Å². The molecule has 2 aromatic heterocycles. The first-order valence-electron chi connectivity index (χ1n) is 9.16. The molecule has 0 atom stereocenters. The van der Waals surface area contributed by atoms with Gasteiger partial charge in [-0.2, -0.15) is 0 Å². The molecule has 4 aromatic rings. The summed E-state index contributed by atoms with van der Waals surface area (Å²) in [5, 5.41) is 3.40. The van der Waals surface area contributed by atoms with Gasteiger partial charge in [-0.1, -0.05) is 44.2 Å². The van der Waals surface area contributed by atoms with E-state index in [1.165, 1.54) is 16.1 Å². The summed E-state index contributed by atoms with van der Waals surface area (Å²) in [5.74, 6) is 2.24. The van der Waals surface area contributed by atoms with Crippen LogP contribution in [0, 0.1) is 0 Å². The minimum Gasteiger partial charge on any atom is -0.375 e. The molecule has 4 nitrogen and oxygen atoms in total. The zero-order valence-corrected chi connectivity index (χ0v) is 16.1. The van der Waals surface area contributed by atoms with E-state index in [9.17, 15) is 0 Å². The maximum Gasteiger partial charge on any atom is 0.165 e. The number of rotatable bonds is 3. The molecule has 0 fully saturated rings. The summed E-state index contributed by atoms with van der Waals surface area (Å²) < 4.78 is 2.19. The van der Waals surface area contributed by atoms with E-state index in [1.807, 2.05) is 24.0 Å². The zero-order chi connectivity index (χ0) is 18.4. The predicted molar refractivity (Wildman–Crippen MR) is 113 cm³/mol. The van der Waals surface area contributed by atoms with Gasteiger partial charge in [0.2, 0.25) is 0 Å². The van der Waals surface area contributed by atoms with Gasteiger partial charge in [-0.3, -0.25) is 4.57 Å². The normalized spacial score (nSPS) is 13.1. The molecule has 1 aliphatic rings. The number of pyridine rings is 1. The SMILES string of the molecule is CC(C)c1ccnc2c1nc(-c1ccccc1)n2-c1ccc2c(c1)SCN2. The Hall–Kier alpha value is -2.79. The lowest BCUT2D eigenvalue weighted by Crippen LogP contribution is -1.99. The Morgan fingerprint density at radius 2 is 1.93 bits per heavy atom. The van der Waals surface area contributed by atoms with Gasteiger partial charge in [0.15, 0.2) is 5.65 Å². The van der Waals surface area contributed by atoms with Crippen LogP contribution >= 0.6 is 11.8 Å². The van der Waals surface area contributed by atoms with Crippen LogP contribution in [-0.2, 0) is 0 Å². The van der Waals surface area contributed by atoms with Crippen LogP contribution in [0.25, 0.3) is 28.2 Å². The summed E-state index contributed by atoms with van der Waals surface area (Å²) in [6.45, 7) is 4.40. The number of aromatic nitrogens is 3. The Labute approximate surface area is 162 Å². The number of benzene rings is 2. The fraction of sp³-hybridized carbons (Fsp3) is 0.182. The highest BCUT2D eigenvalue weighted by Crippen LogP contribution is 2.37. The minimum absolute atomic E-state index is 0.391. The number of thioether (sulfide) groups is 1. The third-order valence-electron chi connectivity index (χ3n) is 4.95. The van der Waals surface area contributed by atoms with Gasteiger partial charge in [0.1, 0.15) is 11.3 Å². The number of nitrogens with zero attached hydrogens (tertiary/aromatic N) is 3. The van der Waals surface area contributed by atoms with Crippen LogP contribution in [0.4, 0.5) is 5.69 Å². The van der Waals surface area contributed by atoms with Crippen molar-refractivity contribution in [1.82, 2.24) is 14.5 Å². The van der Waals surface area contributed by atoms with Crippen LogP contribution in [0.1, 0.15) is 25.3 Å². The molecule has 5 rings (SSSR count). The molecule has 5 heteroatoms. The summed E-state index contributed by atoms with van der Waals surface area (Å²) in [5.41, 5.74) is 6.52. The van der Waals surface area contributed by atoms with Gasteiger partial charge in [-0.15, -0.1) is 11.8 Å². The number of hydrogen-bond donors (Lipinski definition) is 1. The summed E-state index contributed by atoms with van der Waals surface area (Å²) in [7, 11) is 0. The Balaban J connectivity index is 1.83. The molecule has 0 radical (unpaired) electrons. The van der Waals surface area contributed by atoms with Crippen molar-refractivity contribution < 1.29 is 0 Å². The van der Waals surface area contributed by atoms with Crippen LogP contribution in [0.3, 0.4) is 0 Å². The summed E-state index contributed by atoms with van der Waals surface area (Å²) in [6.07, 6.45) is 1.90. The molecule has 0 saturated heterocycles. The zero-order valence-electron chi connectivity index (χ0n) is 15.3. The van der Waals surface area contributed by atoms with Crippen molar-refractivity contribution in [3.05, 3.63) is 66.4 Å². The van der Waals surface area contributed by atoms with Crippen molar-refractivity contribution in [3.63, 3.8) is 0 Å². The van der Waals surface area contributed by atoms with Crippen molar-refractivity contribution in [2.45, 2.75) is 24.7 Å². The van der Waals surface area contributed by atoms with E-state index in [1.54, 1.807) is 0 Å². The van der Waals surface area contributed by atoms with Crippen molar-refractivity contribution >= 4 is 28.6 Å². The lowest BCUT2D eigenvalue weighted by Gasteiger charge is -2.11. The van der Waals surface area contributed by atoms with Gasteiger partial charge >= 0.3 is 0 Å². The molecule has 1 N–H and O–H groups in total. The molecule has 134 valence electrons. The first-order chi connectivity index (χ1) is 13.2. The Morgan fingerprint density at radius 3 is 2.74 bits per heavy atom. The minimum atomic E-state index is 0.391. The van der Waals surface area contributed by atoms with E-state index < -0.39 is 0 Å². The molecule has 2 aromatic carbocycles. The number of hydrogen-bond acceptors (Lipinski definition) is 4. The van der Waals surface area contributed by atoms with Crippen molar-refractivity contribution in [2.24, 2.45) is 0 Å². The van der Waals surface area contributed by atoms with Gasteiger partial charge in [-0.05, 0) is 35.7 Å². The fourth-order valence-electron chi connectivity index (χ4n) is 3.59. The molecule has 0 amide bonds. The average molecular weight is 372 g/mol. The highest BCUT2D eigenvalue weighted by molar-refractivity contribution is 7.99. The smallest absolute Gasteiger partial charge is 0.165 e. The monoisotopic (exact) mass is 372 g/mol. The maximum atomic E-state index is 5.05.